The molecule has 0 saturated carbocycles. The SMILES string of the molecule is CCCCCCCCCCCCCC(=O)O[C@H](CCCCCCCCCCC)CC(=O)O[C@@H]1C(NC(=O)C[C@@H](CCCCCCCCCCC)OC(=O)CCCCCCCCCCC)[C@H](OCC2O[C@H](OP(=O)(O)OP(=O)(O)CCC)C(NC(=O)C[C@H](O)CCCCCCCCCCC)[C@@H](OC(=O)C[C@H](O)CCCCCCCCCCC)[C@@H]2O)OC(COC(C)(C)C)[C@H]1OP(=O)(O)O. The first kappa shape index (κ1) is 126. The Morgan fingerprint density at radius 1 is 0.353 bits per heavy atom. The molecule has 0 aromatic rings. The molecule has 0 aromatic carbocycles. The van der Waals surface area contributed by atoms with E-state index in [0.717, 1.165) is 276 Å². The molecule has 0 bridgehead atoms. The van der Waals surface area contributed by atoms with Gasteiger partial charge in [-0.1, -0.05) is 382 Å². The normalized spacial score (nSPS) is 20.7. The van der Waals surface area contributed by atoms with E-state index in [1.807, 2.05) is 0 Å². The number of amides is 2. The van der Waals surface area contributed by atoms with Gasteiger partial charge >= 0.3 is 47.1 Å². The van der Waals surface area contributed by atoms with Crippen molar-refractivity contribution in [3.05, 3.63) is 0 Å². The minimum absolute atomic E-state index is 0.00973. The third kappa shape index (κ3) is 67.1. The van der Waals surface area contributed by atoms with Crippen LogP contribution in [0.1, 0.15) is 499 Å². The van der Waals surface area contributed by atoms with E-state index in [0.29, 0.717) is 38.5 Å². The van der Waals surface area contributed by atoms with Gasteiger partial charge in [0.15, 0.2) is 24.8 Å². The lowest BCUT2D eigenvalue weighted by atomic mass is 9.95. The van der Waals surface area contributed by atoms with Gasteiger partial charge in [-0.3, -0.25) is 42.4 Å². The summed E-state index contributed by atoms with van der Waals surface area (Å²) in [7, 11) is -16.6. The summed E-state index contributed by atoms with van der Waals surface area (Å²) in [4.78, 5) is 132. The first-order valence-electron chi connectivity index (χ1n) is 53.5. The number of unbranched alkanes of at least 4 members (excludes halogenated alkanes) is 50. The molecule has 2 rings (SSSR count). The fraction of sp³-hybridized carbons (Fsp3) is 0.941. The maximum absolute atomic E-state index is 15.5. The summed E-state index contributed by atoms with van der Waals surface area (Å²) in [5, 5.41) is 41.2. The van der Waals surface area contributed by atoms with E-state index in [1.165, 1.54) is 51.9 Å². The monoisotopic (exact) mass is 1960 g/mol. The van der Waals surface area contributed by atoms with Crippen LogP contribution in [0.5, 0.6) is 0 Å². The van der Waals surface area contributed by atoms with Gasteiger partial charge in [-0.15, -0.1) is 0 Å². The van der Waals surface area contributed by atoms with E-state index >= 15 is 9.59 Å². The van der Waals surface area contributed by atoms with Gasteiger partial charge < -0.3 is 83.4 Å². The smallest absolute Gasteiger partial charge is 0.462 e. The minimum atomic E-state index is -5.87. The molecule has 0 radical (unpaired) electrons. The van der Waals surface area contributed by atoms with Crippen LogP contribution in [0.3, 0.4) is 0 Å². The number of aliphatic hydroxyl groups is 3. The molecule has 2 saturated heterocycles. The second-order valence-electron chi connectivity index (χ2n) is 39.2. The lowest BCUT2D eigenvalue weighted by molar-refractivity contribution is -0.299. The number of phosphoric acid groups is 2. The van der Waals surface area contributed by atoms with Crippen LogP contribution in [0, 0.1) is 0 Å². The van der Waals surface area contributed by atoms with Crippen molar-refractivity contribution in [1.29, 1.82) is 0 Å². The first-order chi connectivity index (χ1) is 63.7. The summed E-state index contributed by atoms with van der Waals surface area (Å²) < 4.78 is 109. The largest absolute Gasteiger partial charge is 0.481 e. The van der Waals surface area contributed by atoms with E-state index < -0.39 is 195 Å². The Kier molecular flexibility index (Phi) is 74.4. The second kappa shape index (κ2) is 78.5. The highest BCUT2D eigenvalue weighted by Crippen LogP contribution is 2.61. The van der Waals surface area contributed by atoms with Crippen molar-refractivity contribution in [2.24, 2.45) is 0 Å². The summed E-state index contributed by atoms with van der Waals surface area (Å²) in [5.41, 5.74) is -1.03. The molecule has 9 N–H and O–H groups in total. The number of rotatable bonds is 89. The summed E-state index contributed by atoms with van der Waals surface area (Å²) in [6.07, 6.45) is 32.4. The molecule has 2 fully saturated rings. The average molecular weight is 1960 g/mol. The van der Waals surface area contributed by atoms with Crippen LogP contribution >= 0.6 is 23.2 Å². The Morgan fingerprint density at radius 2 is 0.677 bits per heavy atom. The molecular weight excluding hydrogens is 1770 g/mol. The Balaban J connectivity index is 3.08. The Morgan fingerprint density at radius 3 is 1.05 bits per heavy atom. The molecule has 133 heavy (non-hydrogen) atoms. The number of hydrogen-bond donors (Lipinski definition) is 9. The van der Waals surface area contributed by atoms with Crippen LogP contribution in [0.2, 0.25) is 0 Å². The number of nitrogens with one attached hydrogen (secondary N) is 2. The fourth-order valence-electron chi connectivity index (χ4n) is 17.4. The van der Waals surface area contributed by atoms with E-state index in [2.05, 4.69) is 52.2 Å². The van der Waals surface area contributed by atoms with Gasteiger partial charge in [-0.2, -0.15) is 0 Å². The third-order valence-electron chi connectivity index (χ3n) is 25.1. The van der Waals surface area contributed by atoms with E-state index in [1.54, 1.807) is 20.8 Å². The average Bonchev–Trinajstić information content (AvgIpc) is 0.776. The number of esters is 4. The van der Waals surface area contributed by atoms with Gasteiger partial charge in [0.2, 0.25) is 11.8 Å². The predicted molar refractivity (Wildman–Crippen MR) is 523 cm³/mol. The molecule has 16 atom stereocenters. The third-order valence-corrected chi connectivity index (χ3v) is 28.9. The van der Waals surface area contributed by atoms with Crippen molar-refractivity contribution >= 4 is 58.9 Å². The van der Waals surface area contributed by atoms with Crippen molar-refractivity contribution in [2.75, 3.05) is 19.4 Å². The summed E-state index contributed by atoms with van der Waals surface area (Å²) in [6, 6.07) is -3.97. The standard InChI is InChI=1S/C101H193N2O27P3/c1-11-18-24-30-36-42-43-49-55-61-67-73-90(109)123-84(71-65-59-53-47-40-34-28-22-15-5)78-92(111)127-98-94(103-88(107)77-83(70-64-58-52-46-39-33-27-21-14-4)122-89(108)72-66-60-54-48-41-35-29-23-16-6)99(125-86(80-121-101(8,9)10)96(98)128-132(115,116)117)120-79-85-95(112)97(126-91(110)76-82(105)69-63-57-51-45-38-32-26-20-13-3)93(100(124-85)129-133(118,119)130-131(113,114)74-17-7)102-87(106)75-81(104)68-62-56-50-44-37-31-25-19-12-2/h81-86,93-100,104-105,112H,11-80H2,1-10H3,(H,102,106)(H,103,107)(H,113,114)(H,118,119)(H2,115,116,117)/t81-,82-,83-,84-,85?,86?,93?,94?,95-,96-,97-,98-,99-,100-/m1/s1. The number of phosphoric ester groups is 2. The van der Waals surface area contributed by atoms with Crippen LogP contribution in [-0.2, 0) is 93.7 Å². The highest BCUT2D eigenvalue weighted by atomic mass is 31.3. The van der Waals surface area contributed by atoms with Crippen molar-refractivity contribution < 1.29 is 129 Å². The predicted octanol–water partition coefficient (Wildman–Crippen LogP) is 24.0. The number of carbonyl (C=O) groups is 6. The van der Waals surface area contributed by atoms with Crippen LogP contribution in [0.4, 0.5) is 0 Å². The maximum atomic E-state index is 15.5. The lowest BCUT2D eigenvalue weighted by Gasteiger charge is -2.47. The molecule has 2 aliphatic rings. The van der Waals surface area contributed by atoms with Crippen molar-refractivity contribution in [1.82, 2.24) is 10.6 Å². The fourth-order valence-corrected chi connectivity index (χ4v) is 20.8. The molecule has 2 heterocycles. The molecule has 2 aliphatic heterocycles. The van der Waals surface area contributed by atoms with Gasteiger partial charge in [0.25, 0.3) is 0 Å². The highest BCUT2D eigenvalue weighted by Gasteiger charge is 2.56. The Labute approximate surface area is 804 Å². The van der Waals surface area contributed by atoms with Crippen LogP contribution in [-0.4, -0.2) is 181 Å². The molecule has 6 unspecified atom stereocenters. The molecule has 0 aromatic heterocycles. The number of aliphatic hydroxyl groups excluding tert-OH is 3. The maximum Gasteiger partial charge on any atom is 0.481 e. The molecule has 784 valence electrons. The van der Waals surface area contributed by atoms with Crippen LogP contribution < -0.4 is 10.6 Å². The van der Waals surface area contributed by atoms with Crippen LogP contribution in [0.25, 0.3) is 0 Å². The zero-order chi connectivity index (χ0) is 98.2. The molecular formula is C101H193N2O27P3. The summed E-state index contributed by atoms with van der Waals surface area (Å²) in [6.45, 7) is 18.0. The van der Waals surface area contributed by atoms with E-state index in [9.17, 15) is 67.8 Å². The molecule has 29 nitrogen and oxygen atoms in total. The zero-order valence-corrected chi connectivity index (χ0v) is 87.4. The topological polar surface area (TPSA) is 421 Å². The minimum Gasteiger partial charge on any atom is -0.462 e. The van der Waals surface area contributed by atoms with Gasteiger partial charge in [0.05, 0.1) is 62.9 Å². The number of ether oxygens (including phenoxy) is 8. The van der Waals surface area contributed by atoms with Gasteiger partial charge in [0.1, 0.15) is 48.7 Å². The van der Waals surface area contributed by atoms with Crippen molar-refractivity contribution in [2.45, 2.75) is 591 Å². The number of hydrogen-bond acceptors (Lipinski definition) is 23. The highest BCUT2D eigenvalue weighted by molar-refractivity contribution is 7.64. The Bertz CT molecular complexity index is 3080. The molecule has 0 spiro atoms. The number of carbonyl (C=O) groups excluding carboxylic acids is 6. The summed E-state index contributed by atoms with van der Waals surface area (Å²) >= 11 is 0. The van der Waals surface area contributed by atoms with E-state index in [-0.39, 0.29) is 44.9 Å². The first-order valence-corrected chi connectivity index (χ1v) is 58.3. The summed E-state index contributed by atoms with van der Waals surface area (Å²) in [5.74, 6) is -5.09. The Hall–Kier alpha value is -3.05. The van der Waals surface area contributed by atoms with Gasteiger partial charge in [-0.25, -0.2) is 13.4 Å². The molecule has 32 heteroatoms. The van der Waals surface area contributed by atoms with Crippen molar-refractivity contribution in [3.8, 4) is 0 Å². The van der Waals surface area contributed by atoms with Gasteiger partial charge in [-0.05, 0) is 78.6 Å². The lowest BCUT2D eigenvalue weighted by Crippen LogP contribution is -2.68. The van der Waals surface area contributed by atoms with Crippen LogP contribution in [0.15, 0.2) is 0 Å². The second-order valence-corrected chi connectivity index (χ2v) is 43.9. The molecule has 0 aliphatic carbocycles. The van der Waals surface area contributed by atoms with Gasteiger partial charge in [0, 0.05) is 12.8 Å². The zero-order valence-electron chi connectivity index (χ0n) is 84.7. The van der Waals surface area contributed by atoms with E-state index in [4.69, 9.17) is 51.3 Å². The molecule has 2 amide bonds. The van der Waals surface area contributed by atoms with Crippen molar-refractivity contribution in [3.63, 3.8) is 0 Å². The quantitative estimate of drug-likeness (QED) is 0.0118.